The molecule has 0 aromatic carbocycles. The highest BCUT2D eigenvalue weighted by molar-refractivity contribution is 5.75. The van der Waals surface area contributed by atoms with Crippen molar-refractivity contribution >= 4 is 12.0 Å². The molecular weight excluding hydrogens is 330 g/mol. The Morgan fingerprint density at radius 1 is 1.19 bits per heavy atom. The number of rotatable bonds is 3. The Morgan fingerprint density at radius 2 is 1.96 bits per heavy atom. The van der Waals surface area contributed by atoms with Crippen LogP contribution in [0.5, 0.6) is 0 Å². The number of aromatic nitrogens is 4. The molecule has 2 aliphatic rings. The monoisotopic (exact) mass is 355 g/mol. The maximum Gasteiger partial charge on any atom is 0.317 e. The molecule has 0 unspecified atom stereocenters. The Labute approximate surface area is 153 Å². The molecule has 2 amide bonds. The van der Waals surface area contributed by atoms with Crippen molar-refractivity contribution in [3.05, 3.63) is 35.9 Å². The molecule has 2 saturated heterocycles. The van der Waals surface area contributed by atoms with Gasteiger partial charge in [0, 0.05) is 50.3 Å². The molecule has 138 valence electrons. The zero-order chi connectivity index (χ0) is 18.1. The van der Waals surface area contributed by atoms with Crippen molar-refractivity contribution in [2.45, 2.75) is 38.8 Å². The van der Waals surface area contributed by atoms with E-state index in [1.54, 1.807) is 12.4 Å². The minimum absolute atomic E-state index is 0.0172. The summed E-state index contributed by atoms with van der Waals surface area (Å²) in [6.07, 6.45) is 5.52. The first-order chi connectivity index (χ1) is 12.6. The summed E-state index contributed by atoms with van der Waals surface area (Å²) < 4.78 is 2.04. The Balaban J connectivity index is 1.29. The van der Waals surface area contributed by atoms with Crippen LogP contribution < -0.4 is 10.2 Å². The molecule has 1 N–H and O–H groups in total. The molecule has 0 spiro atoms. The van der Waals surface area contributed by atoms with E-state index in [1.165, 1.54) is 0 Å². The predicted octanol–water partition coefficient (Wildman–Crippen LogP) is 1.53. The lowest BCUT2D eigenvalue weighted by molar-refractivity contribution is 0.114. The highest BCUT2D eigenvalue weighted by Gasteiger charge is 2.34. The first-order valence-corrected chi connectivity index (χ1v) is 9.20. The summed E-state index contributed by atoms with van der Waals surface area (Å²) in [7, 11) is 0. The second-order valence-corrected chi connectivity index (χ2v) is 7.21. The number of anilines is 1. The number of urea groups is 1. The minimum Gasteiger partial charge on any atom is -0.339 e. The van der Waals surface area contributed by atoms with E-state index in [9.17, 15) is 4.79 Å². The van der Waals surface area contributed by atoms with Crippen LogP contribution in [0.25, 0.3) is 0 Å². The van der Waals surface area contributed by atoms with Crippen LogP contribution in [0.3, 0.4) is 0 Å². The highest BCUT2D eigenvalue weighted by Crippen LogP contribution is 2.23. The highest BCUT2D eigenvalue weighted by atomic mass is 16.2. The number of piperidine rings is 1. The van der Waals surface area contributed by atoms with Gasteiger partial charge in [-0.3, -0.25) is 4.68 Å². The third kappa shape index (κ3) is 3.36. The smallest absolute Gasteiger partial charge is 0.317 e. The van der Waals surface area contributed by atoms with Crippen molar-refractivity contribution in [2.24, 2.45) is 0 Å². The molecule has 4 heterocycles. The molecule has 8 nitrogen and oxygen atoms in total. The van der Waals surface area contributed by atoms with E-state index >= 15 is 0 Å². The van der Waals surface area contributed by atoms with Gasteiger partial charge < -0.3 is 15.1 Å². The predicted molar refractivity (Wildman–Crippen MR) is 98.1 cm³/mol. The molecule has 26 heavy (non-hydrogen) atoms. The van der Waals surface area contributed by atoms with Crippen LogP contribution in [-0.4, -0.2) is 62.9 Å². The van der Waals surface area contributed by atoms with Crippen LogP contribution in [0, 0.1) is 13.8 Å². The van der Waals surface area contributed by atoms with Crippen LogP contribution in [0.2, 0.25) is 0 Å². The molecule has 8 heteroatoms. The molecule has 0 radical (unpaired) electrons. The lowest BCUT2D eigenvalue weighted by Gasteiger charge is -2.41. The molecule has 4 rings (SSSR count). The van der Waals surface area contributed by atoms with Gasteiger partial charge >= 0.3 is 6.03 Å². The number of likely N-dealkylation sites (tertiary alicyclic amines) is 1. The average Bonchev–Trinajstić information content (AvgIpc) is 2.93. The van der Waals surface area contributed by atoms with Gasteiger partial charge in [-0.05, 0) is 38.8 Å². The number of carbonyl (C=O) groups is 1. The summed E-state index contributed by atoms with van der Waals surface area (Å²) in [5, 5.41) is 7.70. The molecule has 2 aromatic rings. The van der Waals surface area contributed by atoms with Gasteiger partial charge in [0.2, 0.25) is 5.95 Å². The molecule has 0 bridgehead atoms. The maximum absolute atomic E-state index is 12.5. The summed E-state index contributed by atoms with van der Waals surface area (Å²) >= 11 is 0. The van der Waals surface area contributed by atoms with Crippen molar-refractivity contribution in [1.29, 1.82) is 0 Å². The van der Waals surface area contributed by atoms with E-state index in [0.717, 1.165) is 43.3 Å². The van der Waals surface area contributed by atoms with Gasteiger partial charge in [-0.1, -0.05) is 0 Å². The number of carbonyl (C=O) groups excluding carboxylic acids is 1. The van der Waals surface area contributed by atoms with Crippen molar-refractivity contribution in [2.75, 3.05) is 31.1 Å². The molecule has 2 aliphatic heterocycles. The van der Waals surface area contributed by atoms with Gasteiger partial charge in [0.25, 0.3) is 0 Å². The molecule has 0 saturated carbocycles. The van der Waals surface area contributed by atoms with Gasteiger partial charge in [0.05, 0.1) is 11.7 Å². The quantitative estimate of drug-likeness (QED) is 0.903. The third-order valence-electron chi connectivity index (χ3n) is 5.12. The standard InChI is InChI=1S/C18H25N7O/c1-13-9-14(2)25(22-13)16-11-24(12-16)18(26)21-15-5-3-8-23(10-15)17-19-6-4-7-20-17/h4,6-7,9,15-16H,3,5,8,10-12H2,1-2H3,(H,21,26)/t15-/m1/s1. The topological polar surface area (TPSA) is 79.2 Å². The van der Waals surface area contributed by atoms with E-state index in [2.05, 4.69) is 38.3 Å². The molecule has 0 aliphatic carbocycles. The minimum atomic E-state index is 0.0172. The lowest BCUT2D eigenvalue weighted by Crippen LogP contribution is -2.58. The lowest BCUT2D eigenvalue weighted by atomic mass is 10.1. The second kappa shape index (κ2) is 6.93. The fraction of sp³-hybridized carbons (Fsp3) is 0.556. The van der Waals surface area contributed by atoms with Crippen LogP contribution in [0.15, 0.2) is 24.5 Å². The Kier molecular flexibility index (Phi) is 4.48. The summed E-state index contributed by atoms with van der Waals surface area (Å²) in [6.45, 7) is 7.17. The number of hydrogen-bond donors (Lipinski definition) is 1. The third-order valence-corrected chi connectivity index (χ3v) is 5.12. The molecule has 2 aromatic heterocycles. The van der Waals surface area contributed by atoms with Crippen LogP contribution in [0.4, 0.5) is 10.7 Å². The fourth-order valence-corrected chi connectivity index (χ4v) is 3.79. The summed E-state index contributed by atoms with van der Waals surface area (Å²) in [5.41, 5.74) is 2.18. The molecule has 2 fully saturated rings. The Hall–Kier alpha value is -2.64. The van der Waals surface area contributed by atoms with Crippen LogP contribution >= 0.6 is 0 Å². The van der Waals surface area contributed by atoms with E-state index in [0.29, 0.717) is 13.1 Å². The van der Waals surface area contributed by atoms with Crippen LogP contribution in [0.1, 0.15) is 30.3 Å². The first-order valence-electron chi connectivity index (χ1n) is 9.20. The molecule has 1 atom stereocenters. The molecular formula is C18H25N7O. The van der Waals surface area contributed by atoms with E-state index in [4.69, 9.17) is 0 Å². The Bertz CT molecular complexity index is 769. The van der Waals surface area contributed by atoms with E-state index in [1.807, 2.05) is 22.6 Å². The average molecular weight is 355 g/mol. The van der Waals surface area contributed by atoms with E-state index in [-0.39, 0.29) is 18.1 Å². The Morgan fingerprint density at radius 3 is 2.65 bits per heavy atom. The van der Waals surface area contributed by atoms with Gasteiger partial charge in [0.15, 0.2) is 0 Å². The number of nitrogens with zero attached hydrogens (tertiary/aromatic N) is 6. The number of nitrogens with one attached hydrogen (secondary N) is 1. The van der Waals surface area contributed by atoms with Crippen LogP contribution in [-0.2, 0) is 0 Å². The first kappa shape index (κ1) is 16.8. The largest absolute Gasteiger partial charge is 0.339 e. The van der Waals surface area contributed by atoms with Gasteiger partial charge in [-0.2, -0.15) is 5.10 Å². The van der Waals surface area contributed by atoms with Gasteiger partial charge in [-0.15, -0.1) is 0 Å². The summed E-state index contributed by atoms with van der Waals surface area (Å²) in [6, 6.07) is 4.33. The van der Waals surface area contributed by atoms with Crippen molar-refractivity contribution in [3.8, 4) is 0 Å². The SMILES string of the molecule is Cc1cc(C)n(C2CN(C(=O)N[C@@H]3CCCN(c4ncccn4)C3)C2)n1. The van der Waals surface area contributed by atoms with Gasteiger partial charge in [0.1, 0.15) is 0 Å². The maximum atomic E-state index is 12.5. The number of amides is 2. The summed E-state index contributed by atoms with van der Waals surface area (Å²) in [5.74, 6) is 0.736. The fourth-order valence-electron chi connectivity index (χ4n) is 3.79. The van der Waals surface area contributed by atoms with Crippen molar-refractivity contribution in [1.82, 2.24) is 30.0 Å². The van der Waals surface area contributed by atoms with Crippen molar-refractivity contribution in [3.63, 3.8) is 0 Å². The zero-order valence-electron chi connectivity index (χ0n) is 15.3. The zero-order valence-corrected chi connectivity index (χ0v) is 15.3. The van der Waals surface area contributed by atoms with Gasteiger partial charge in [-0.25, -0.2) is 14.8 Å². The normalized spacial score (nSPS) is 20.8. The van der Waals surface area contributed by atoms with E-state index < -0.39 is 0 Å². The summed E-state index contributed by atoms with van der Waals surface area (Å²) in [4.78, 5) is 25.2. The second-order valence-electron chi connectivity index (χ2n) is 7.21. The number of hydrogen-bond acceptors (Lipinski definition) is 5. The number of aryl methyl sites for hydroxylation is 2. The van der Waals surface area contributed by atoms with Crippen molar-refractivity contribution < 1.29 is 4.79 Å².